The summed E-state index contributed by atoms with van der Waals surface area (Å²) in [7, 11) is 0. The molecular weight excluding hydrogens is 182 g/mol. The molecule has 0 N–H and O–H groups in total. The lowest BCUT2D eigenvalue weighted by molar-refractivity contribution is -0.177. The smallest absolute Gasteiger partial charge is 0.233 e. The first-order chi connectivity index (χ1) is 6.86. The van der Waals surface area contributed by atoms with Gasteiger partial charge in [-0.25, -0.2) is 5.06 Å². The fraction of sp³-hybridized carbons (Fsp3) is 0.200. The maximum absolute atomic E-state index is 10.4. The standard InChI is InChI=1S/C10H11NO3/c12-7-6-11(9-13)14-8-10-4-2-1-3-5-10/h1-5,7,9H,6,8H2. The maximum Gasteiger partial charge on any atom is 0.233 e. The van der Waals surface area contributed by atoms with Crippen molar-refractivity contribution in [3.05, 3.63) is 35.9 Å². The molecule has 0 atom stereocenters. The molecule has 1 rings (SSSR count). The number of carbonyl (C=O) groups excluding carboxylic acids is 2. The van der Waals surface area contributed by atoms with Crippen molar-refractivity contribution in [2.24, 2.45) is 0 Å². The number of amides is 1. The van der Waals surface area contributed by atoms with Gasteiger partial charge in [0.2, 0.25) is 6.41 Å². The minimum atomic E-state index is -0.0453. The van der Waals surface area contributed by atoms with Gasteiger partial charge in [0.25, 0.3) is 0 Å². The number of hydroxylamine groups is 2. The van der Waals surface area contributed by atoms with Crippen LogP contribution in [-0.2, 0) is 21.0 Å². The molecular formula is C10H11NO3. The number of rotatable bonds is 6. The van der Waals surface area contributed by atoms with Crippen LogP contribution in [0.25, 0.3) is 0 Å². The lowest BCUT2D eigenvalue weighted by Gasteiger charge is -2.13. The highest BCUT2D eigenvalue weighted by Crippen LogP contribution is 2.01. The Morgan fingerprint density at radius 1 is 1.21 bits per heavy atom. The molecule has 0 fully saturated rings. The summed E-state index contributed by atoms with van der Waals surface area (Å²) in [5.74, 6) is 0. The quantitative estimate of drug-likeness (QED) is 0.495. The molecule has 0 spiro atoms. The Morgan fingerprint density at radius 2 is 1.93 bits per heavy atom. The van der Waals surface area contributed by atoms with Crippen molar-refractivity contribution in [3.63, 3.8) is 0 Å². The second kappa shape index (κ2) is 5.88. The molecule has 1 aromatic carbocycles. The van der Waals surface area contributed by atoms with Gasteiger partial charge >= 0.3 is 0 Å². The zero-order valence-electron chi connectivity index (χ0n) is 7.63. The van der Waals surface area contributed by atoms with Crippen LogP contribution in [0.2, 0.25) is 0 Å². The molecule has 4 heteroatoms. The average molecular weight is 193 g/mol. The van der Waals surface area contributed by atoms with E-state index in [4.69, 9.17) is 4.84 Å². The van der Waals surface area contributed by atoms with Crippen molar-refractivity contribution in [1.29, 1.82) is 0 Å². The van der Waals surface area contributed by atoms with E-state index in [0.29, 0.717) is 12.7 Å². The van der Waals surface area contributed by atoms with Crippen LogP contribution in [-0.4, -0.2) is 24.3 Å². The van der Waals surface area contributed by atoms with Crippen LogP contribution in [0.5, 0.6) is 0 Å². The average Bonchev–Trinajstić information content (AvgIpc) is 2.25. The largest absolute Gasteiger partial charge is 0.301 e. The van der Waals surface area contributed by atoms with Gasteiger partial charge in [-0.05, 0) is 5.56 Å². The monoisotopic (exact) mass is 193 g/mol. The number of hydrogen-bond acceptors (Lipinski definition) is 3. The summed E-state index contributed by atoms with van der Waals surface area (Å²) in [4.78, 5) is 25.5. The van der Waals surface area contributed by atoms with Gasteiger partial charge < -0.3 is 4.79 Å². The minimum absolute atomic E-state index is 0.0453. The van der Waals surface area contributed by atoms with E-state index in [9.17, 15) is 9.59 Å². The van der Waals surface area contributed by atoms with Gasteiger partial charge in [-0.3, -0.25) is 9.63 Å². The number of nitrogens with zero attached hydrogens (tertiary/aromatic N) is 1. The summed E-state index contributed by atoms with van der Waals surface area (Å²) in [5, 5.41) is 0.958. The molecule has 0 saturated heterocycles. The summed E-state index contributed by atoms with van der Waals surface area (Å²) < 4.78 is 0. The Labute approximate surface area is 82.0 Å². The molecule has 0 radical (unpaired) electrons. The second-order valence-electron chi connectivity index (χ2n) is 2.63. The van der Waals surface area contributed by atoms with Gasteiger partial charge in [0.1, 0.15) is 19.4 Å². The fourth-order valence-corrected chi connectivity index (χ4v) is 0.931. The van der Waals surface area contributed by atoms with Crippen molar-refractivity contribution in [2.75, 3.05) is 6.54 Å². The molecule has 4 nitrogen and oxygen atoms in total. The van der Waals surface area contributed by atoms with Gasteiger partial charge in [0, 0.05) is 0 Å². The van der Waals surface area contributed by atoms with E-state index < -0.39 is 0 Å². The molecule has 0 aliphatic carbocycles. The van der Waals surface area contributed by atoms with E-state index in [1.165, 1.54) is 0 Å². The summed E-state index contributed by atoms with van der Waals surface area (Å²) in [6.45, 7) is 0.240. The van der Waals surface area contributed by atoms with Crippen LogP contribution < -0.4 is 0 Å². The molecule has 1 aromatic rings. The SMILES string of the molecule is O=CCN(C=O)OCc1ccccc1. The minimum Gasteiger partial charge on any atom is -0.301 e. The molecule has 0 aliphatic heterocycles. The van der Waals surface area contributed by atoms with Gasteiger partial charge in [-0.15, -0.1) is 0 Å². The zero-order valence-corrected chi connectivity index (χ0v) is 7.63. The predicted molar refractivity (Wildman–Crippen MR) is 50.1 cm³/mol. The first kappa shape index (κ1) is 10.4. The topological polar surface area (TPSA) is 46.6 Å². The maximum atomic E-state index is 10.4. The number of benzene rings is 1. The molecule has 0 heterocycles. The van der Waals surface area contributed by atoms with Gasteiger partial charge in [0.15, 0.2) is 0 Å². The molecule has 74 valence electrons. The van der Waals surface area contributed by atoms with E-state index in [0.717, 1.165) is 10.6 Å². The number of hydrogen-bond donors (Lipinski definition) is 0. The van der Waals surface area contributed by atoms with Crippen molar-refractivity contribution < 1.29 is 14.4 Å². The fourth-order valence-electron chi connectivity index (χ4n) is 0.931. The van der Waals surface area contributed by atoms with Gasteiger partial charge in [-0.1, -0.05) is 30.3 Å². The Balaban J connectivity index is 2.39. The Morgan fingerprint density at radius 3 is 2.50 bits per heavy atom. The molecule has 0 saturated carbocycles. The number of aldehydes is 1. The summed E-state index contributed by atoms with van der Waals surface area (Å²) >= 11 is 0. The van der Waals surface area contributed by atoms with Crippen molar-refractivity contribution in [3.8, 4) is 0 Å². The van der Waals surface area contributed by atoms with Crippen LogP contribution >= 0.6 is 0 Å². The zero-order chi connectivity index (χ0) is 10.2. The molecule has 1 amide bonds. The van der Waals surface area contributed by atoms with Gasteiger partial charge in [0.05, 0.1) is 0 Å². The predicted octanol–water partition coefficient (Wildman–Crippen LogP) is 0.775. The van der Waals surface area contributed by atoms with E-state index in [2.05, 4.69) is 0 Å². The van der Waals surface area contributed by atoms with Gasteiger partial charge in [-0.2, -0.15) is 0 Å². The van der Waals surface area contributed by atoms with E-state index in [-0.39, 0.29) is 13.2 Å². The van der Waals surface area contributed by atoms with Crippen LogP contribution in [0.3, 0.4) is 0 Å². The van der Waals surface area contributed by atoms with E-state index in [1.54, 1.807) is 0 Å². The lowest BCUT2D eigenvalue weighted by Crippen LogP contribution is -2.24. The summed E-state index contributed by atoms with van der Waals surface area (Å²) in [6, 6.07) is 9.41. The van der Waals surface area contributed by atoms with Crippen molar-refractivity contribution >= 4 is 12.7 Å². The van der Waals surface area contributed by atoms with E-state index in [1.807, 2.05) is 30.3 Å². The summed E-state index contributed by atoms with van der Waals surface area (Å²) in [5.41, 5.74) is 0.949. The Bertz CT molecular complexity index is 287. The lowest BCUT2D eigenvalue weighted by atomic mass is 10.2. The molecule has 0 aliphatic rings. The van der Waals surface area contributed by atoms with Crippen molar-refractivity contribution in [1.82, 2.24) is 5.06 Å². The Hall–Kier alpha value is -1.68. The highest BCUT2D eigenvalue weighted by Gasteiger charge is 2.00. The van der Waals surface area contributed by atoms with Crippen LogP contribution in [0.4, 0.5) is 0 Å². The number of carbonyl (C=O) groups is 2. The second-order valence-corrected chi connectivity index (χ2v) is 2.63. The first-order valence-corrected chi connectivity index (χ1v) is 4.19. The molecule has 0 bridgehead atoms. The Kier molecular flexibility index (Phi) is 4.37. The van der Waals surface area contributed by atoms with Crippen molar-refractivity contribution in [2.45, 2.75) is 6.61 Å². The first-order valence-electron chi connectivity index (χ1n) is 4.19. The third-order valence-corrected chi connectivity index (χ3v) is 1.61. The summed E-state index contributed by atoms with van der Waals surface area (Å²) in [6.07, 6.45) is 1.09. The molecule has 0 unspecified atom stereocenters. The highest BCUT2D eigenvalue weighted by molar-refractivity contribution is 5.58. The van der Waals surface area contributed by atoms with Crippen LogP contribution in [0.1, 0.15) is 5.56 Å². The molecule has 14 heavy (non-hydrogen) atoms. The molecule has 0 aromatic heterocycles. The highest BCUT2D eigenvalue weighted by atomic mass is 16.7. The normalized spacial score (nSPS) is 9.43. The van der Waals surface area contributed by atoms with Crippen LogP contribution in [0, 0.1) is 0 Å². The van der Waals surface area contributed by atoms with E-state index >= 15 is 0 Å². The van der Waals surface area contributed by atoms with Crippen LogP contribution in [0.15, 0.2) is 30.3 Å². The third kappa shape index (κ3) is 3.37. The third-order valence-electron chi connectivity index (χ3n) is 1.61.